The molecule has 4 N–H and O–H groups in total. The van der Waals surface area contributed by atoms with Crippen LogP contribution in [0, 0.1) is 16.7 Å². The number of halogens is 2. The smallest absolute Gasteiger partial charge is 0.407 e. The fourth-order valence-corrected chi connectivity index (χ4v) is 11.4. The number of benzene rings is 1. The van der Waals surface area contributed by atoms with Crippen LogP contribution in [0.4, 0.5) is 13.6 Å². The lowest BCUT2D eigenvalue weighted by molar-refractivity contribution is -0.345. The number of aliphatic hydroxyl groups is 3. The predicted octanol–water partition coefficient (Wildman–Crippen LogP) is 3.82. The highest BCUT2D eigenvalue weighted by Gasteiger charge is 2.77. The van der Waals surface area contributed by atoms with E-state index >= 15 is 8.78 Å². The maximum Gasteiger partial charge on any atom is 0.407 e. The zero-order valence-corrected chi connectivity index (χ0v) is 37.4. The van der Waals surface area contributed by atoms with Gasteiger partial charge in [0.15, 0.2) is 17.5 Å². The minimum atomic E-state index is -3.89. The maximum atomic E-state index is 15.3. The Balaban J connectivity index is 1.40. The number of alkyl halides is 2. The van der Waals surface area contributed by atoms with Crippen molar-refractivity contribution in [2.75, 3.05) is 26.3 Å². The van der Waals surface area contributed by atoms with Crippen molar-refractivity contribution in [3.05, 3.63) is 47.0 Å². The quantitative estimate of drug-likeness (QED) is 0.134. The fraction of sp³-hybridized carbons (Fsp3) is 0.733. The Kier molecular flexibility index (Phi) is 12.4. The molecule has 3 aliphatic carbocycles. The summed E-state index contributed by atoms with van der Waals surface area (Å²) in [4.78, 5) is 56.5. The lowest BCUT2D eigenvalue weighted by atomic mass is 9.45. The average Bonchev–Trinajstić information content (AvgIpc) is 3.59. The number of rotatable bonds is 12. The molecule has 18 heteroatoms. The zero-order valence-electron chi connectivity index (χ0n) is 37.4. The van der Waals surface area contributed by atoms with E-state index in [0.717, 1.165) is 13.3 Å². The Labute approximate surface area is 365 Å². The van der Waals surface area contributed by atoms with Crippen LogP contribution in [0.25, 0.3) is 0 Å². The highest BCUT2D eigenvalue weighted by Crippen LogP contribution is 2.67. The maximum absolute atomic E-state index is 15.3. The van der Waals surface area contributed by atoms with Gasteiger partial charge in [-0.05, 0) is 70.2 Å². The van der Waals surface area contributed by atoms with Crippen molar-refractivity contribution in [2.45, 2.75) is 166 Å². The summed E-state index contributed by atoms with van der Waals surface area (Å²) in [6.07, 6.45) is -7.39. The van der Waals surface area contributed by atoms with Gasteiger partial charge < -0.3 is 53.8 Å². The number of hydrogen-bond acceptors (Lipinski definition) is 15. The molecule has 0 aromatic heterocycles. The van der Waals surface area contributed by atoms with E-state index in [1.54, 1.807) is 51.1 Å². The lowest BCUT2D eigenvalue weighted by Gasteiger charge is -2.68. The highest BCUT2D eigenvalue weighted by molar-refractivity contribution is 5.89. The van der Waals surface area contributed by atoms with E-state index in [1.807, 2.05) is 17.1 Å². The number of carbonyl (C=O) groups is 4. The molecule has 63 heavy (non-hydrogen) atoms. The van der Waals surface area contributed by atoms with Crippen LogP contribution >= 0.6 is 0 Å². The Morgan fingerprint density at radius 1 is 1.05 bits per heavy atom. The molecular weight excluding hydrogens is 830 g/mol. The molecule has 2 bridgehead atoms. The van der Waals surface area contributed by atoms with Crippen molar-refractivity contribution >= 4 is 24.0 Å². The number of ether oxygens (including phenoxy) is 7. The standard InChI is InChI=1S/C45H62F2N2O14/c1-23(2)58-39(54)48-37(43(9,46)47)42(8,55)38(53)59-28-19-45(56)35(62-36(52)26-13-11-10-12-14-26)33-41(7,17-15-29-44(33,22-57-29)63-25(4)51)34-32(31(24(28)3)40(45,5)6)60-30(61-34)20-49-18-16-27(49)21-50/h10-14,23,27-30,32-35,37,50,55-56H,15-22H2,1-9H3,(H,48,54)/t27-,28-,29+,30+,32+,33-,34+,35-,37+,41+,42+,44-,45+/m0/s1. The Morgan fingerprint density at radius 2 is 1.73 bits per heavy atom. The first-order chi connectivity index (χ1) is 29.3. The van der Waals surface area contributed by atoms with Gasteiger partial charge in [-0.1, -0.05) is 39.0 Å². The molecule has 13 atom stereocenters. The number of esters is 3. The van der Waals surface area contributed by atoms with Crippen molar-refractivity contribution in [1.82, 2.24) is 10.2 Å². The molecule has 1 aromatic carbocycles. The Bertz CT molecular complexity index is 1970. The third-order valence-electron chi connectivity index (χ3n) is 14.8. The number of carbonyl (C=O) groups excluding carboxylic acids is 4. The van der Waals surface area contributed by atoms with Gasteiger partial charge in [0.05, 0.1) is 36.9 Å². The number of amides is 1. The van der Waals surface area contributed by atoms with Gasteiger partial charge >= 0.3 is 24.0 Å². The van der Waals surface area contributed by atoms with Crippen LogP contribution in [-0.2, 0) is 42.7 Å². The van der Waals surface area contributed by atoms with Crippen molar-refractivity contribution in [2.24, 2.45) is 16.7 Å². The third kappa shape index (κ3) is 7.94. The first-order valence-corrected chi connectivity index (χ1v) is 21.8. The van der Waals surface area contributed by atoms with Crippen LogP contribution in [0.3, 0.4) is 0 Å². The molecule has 1 amide bonds. The lowest BCUT2D eigenvalue weighted by Crippen LogP contribution is -2.79. The summed E-state index contributed by atoms with van der Waals surface area (Å²) >= 11 is 0. The summed E-state index contributed by atoms with van der Waals surface area (Å²) in [7, 11) is 0. The van der Waals surface area contributed by atoms with Crippen LogP contribution in [0.2, 0.25) is 0 Å². The van der Waals surface area contributed by atoms with Crippen molar-refractivity contribution in [3.8, 4) is 0 Å². The van der Waals surface area contributed by atoms with Crippen LogP contribution < -0.4 is 5.32 Å². The van der Waals surface area contributed by atoms with E-state index in [9.17, 15) is 34.5 Å². The molecule has 0 radical (unpaired) electrons. The van der Waals surface area contributed by atoms with Gasteiger partial charge in [0, 0.05) is 50.2 Å². The number of aliphatic hydroxyl groups excluding tert-OH is 1. The molecule has 3 aliphatic heterocycles. The molecule has 7 rings (SSSR count). The molecule has 0 unspecified atom stereocenters. The summed E-state index contributed by atoms with van der Waals surface area (Å²) in [5.74, 6) is -7.95. The predicted molar refractivity (Wildman–Crippen MR) is 217 cm³/mol. The molecular formula is C45H62F2N2O14. The second kappa shape index (κ2) is 16.6. The number of hydrogen-bond donors (Lipinski definition) is 4. The van der Waals surface area contributed by atoms with E-state index in [4.69, 9.17) is 33.2 Å². The van der Waals surface area contributed by atoms with Gasteiger partial charge in [0.25, 0.3) is 5.92 Å². The second-order valence-electron chi connectivity index (χ2n) is 19.6. The summed E-state index contributed by atoms with van der Waals surface area (Å²) in [5, 5.41) is 37.5. The fourth-order valence-electron chi connectivity index (χ4n) is 11.4. The molecule has 6 aliphatic rings. The molecule has 0 spiro atoms. The van der Waals surface area contributed by atoms with E-state index in [-0.39, 0.29) is 31.4 Å². The molecule has 1 aromatic rings. The van der Waals surface area contributed by atoms with Gasteiger partial charge in [-0.15, -0.1) is 0 Å². The average molecular weight is 893 g/mol. The van der Waals surface area contributed by atoms with Gasteiger partial charge in [0.1, 0.15) is 36.1 Å². The number of alkyl carbamates (subject to hydrolysis) is 1. The SMILES string of the molecule is CC(=O)O[C@@]12CO[C@@H]1CC[C@@]1(C)[C@@H]3O[C@H](CN4CC[C@H]4CO)O[C@@H]3C3=C(C)[C@@H](OC(=O)[C@](C)(O)[C@@H](NC(=O)OC(C)C)C(C)(F)F)C[C@@](O)([C@@H](OC(=O)c4ccccc4)[C@@H]12)C3(C)C. The summed E-state index contributed by atoms with van der Waals surface area (Å²) < 4.78 is 74.4. The van der Waals surface area contributed by atoms with Crippen molar-refractivity contribution < 1.29 is 76.4 Å². The monoisotopic (exact) mass is 892 g/mol. The normalized spacial score (nSPS) is 37.3. The van der Waals surface area contributed by atoms with Crippen molar-refractivity contribution in [1.29, 1.82) is 0 Å². The highest BCUT2D eigenvalue weighted by atomic mass is 19.3. The number of fused-ring (bicyclic) bond motifs is 8. The van der Waals surface area contributed by atoms with E-state index in [1.165, 1.54) is 20.8 Å². The van der Waals surface area contributed by atoms with Crippen molar-refractivity contribution in [3.63, 3.8) is 0 Å². The second-order valence-corrected chi connectivity index (χ2v) is 19.6. The third-order valence-corrected chi connectivity index (χ3v) is 14.8. The van der Waals surface area contributed by atoms with Gasteiger partial charge in [-0.3, -0.25) is 9.69 Å². The zero-order chi connectivity index (χ0) is 46.2. The van der Waals surface area contributed by atoms with E-state index in [0.29, 0.717) is 37.5 Å². The van der Waals surface area contributed by atoms with Crippen LogP contribution in [0.1, 0.15) is 98.4 Å². The number of nitrogens with zero attached hydrogens (tertiary/aromatic N) is 1. The summed E-state index contributed by atoms with van der Waals surface area (Å²) in [6.45, 7) is 13.3. The molecule has 2 saturated carbocycles. The molecule has 3 saturated heterocycles. The van der Waals surface area contributed by atoms with Crippen LogP contribution in [0.15, 0.2) is 41.5 Å². The number of nitrogens with one attached hydrogen (secondary N) is 1. The summed E-state index contributed by atoms with van der Waals surface area (Å²) in [6, 6.07) is 5.48. The van der Waals surface area contributed by atoms with E-state index in [2.05, 4.69) is 0 Å². The molecule has 350 valence electrons. The Hall–Kier alpha value is -3.78. The molecule has 3 heterocycles. The minimum Gasteiger partial charge on any atom is -0.456 e. The first kappa shape index (κ1) is 47.2. The van der Waals surface area contributed by atoms with Gasteiger partial charge in [0.2, 0.25) is 0 Å². The van der Waals surface area contributed by atoms with Gasteiger partial charge in [-0.2, -0.15) is 0 Å². The van der Waals surface area contributed by atoms with E-state index < -0.39 is 119 Å². The van der Waals surface area contributed by atoms with Gasteiger partial charge in [-0.25, -0.2) is 23.2 Å². The molecule has 16 nitrogen and oxygen atoms in total. The first-order valence-electron chi connectivity index (χ1n) is 21.8. The largest absolute Gasteiger partial charge is 0.456 e. The Morgan fingerprint density at radius 3 is 2.29 bits per heavy atom. The minimum absolute atomic E-state index is 0.0689. The van der Waals surface area contributed by atoms with Crippen LogP contribution in [-0.4, -0.2) is 148 Å². The summed E-state index contributed by atoms with van der Waals surface area (Å²) in [5.41, 5.74) is -8.32. The van der Waals surface area contributed by atoms with Crippen LogP contribution in [0.5, 0.6) is 0 Å². The number of likely N-dealkylation sites (tertiary alicyclic amines) is 1. The molecule has 5 fully saturated rings. The topological polar surface area (TPSA) is 209 Å².